The number of carbonyl (C=O) groups excluding carboxylic acids is 1. The lowest BCUT2D eigenvalue weighted by molar-refractivity contribution is 0.0948. The summed E-state index contributed by atoms with van der Waals surface area (Å²) in [6.45, 7) is 1.70. The Morgan fingerprint density at radius 3 is 3.00 bits per heavy atom. The highest BCUT2D eigenvalue weighted by molar-refractivity contribution is 6.33. The molecule has 116 valence electrons. The number of carbonyl (C=O) groups is 1. The summed E-state index contributed by atoms with van der Waals surface area (Å²) in [4.78, 5) is 12.2. The van der Waals surface area contributed by atoms with Crippen LogP contribution in [0.2, 0.25) is 5.02 Å². The number of anilines is 1. The predicted molar refractivity (Wildman–Crippen MR) is 85.0 cm³/mol. The van der Waals surface area contributed by atoms with Crippen molar-refractivity contribution in [3.05, 3.63) is 22.7 Å². The van der Waals surface area contributed by atoms with E-state index < -0.39 is 0 Å². The molecular formula is C15H22ClN3O2. The molecule has 0 aromatic heterocycles. The fourth-order valence-electron chi connectivity index (χ4n) is 2.54. The van der Waals surface area contributed by atoms with Gasteiger partial charge in [-0.2, -0.15) is 0 Å². The molecule has 0 unspecified atom stereocenters. The van der Waals surface area contributed by atoms with Gasteiger partial charge < -0.3 is 21.1 Å². The molecule has 1 aliphatic heterocycles. The number of rotatable bonds is 5. The van der Waals surface area contributed by atoms with Gasteiger partial charge in [0, 0.05) is 18.7 Å². The smallest absolute Gasteiger partial charge is 0.255 e. The van der Waals surface area contributed by atoms with E-state index in [2.05, 4.69) is 10.6 Å². The second-order valence-electron chi connectivity index (χ2n) is 5.27. The lowest BCUT2D eigenvalue weighted by Gasteiger charge is -2.23. The highest BCUT2D eigenvalue weighted by Crippen LogP contribution is 2.28. The number of amides is 1. The van der Waals surface area contributed by atoms with Crippen LogP contribution in [0.25, 0.3) is 0 Å². The van der Waals surface area contributed by atoms with Crippen LogP contribution >= 0.6 is 11.6 Å². The number of nitrogens with one attached hydrogen (secondary N) is 2. The Hall–Kier alpha value is -1.46. The summed E-state index contributed by atoms with van der Waals surface area (Å²) in [5.41, 5.74) is 6.52. The Morgan fingerprint density at radius 2 is 2.33 bits per heavy atom. The van der Waals surface area contributed by atoms with Gasteiger partial charge in [-0.05, 0) is 31.9 Å². The molecule has 4 N–H and O–H groups in total. The van der Waals surface area contributed by atoms with Crippen molar-refractivity contribution in [1.29, 1.82) is 0 Å². The third kappa shape index (κ3) is 4.25. The molecule has 1 heterocycles. The normalized spacial score (nSPS) is 18.3. The van der Waals surface area contributed by atoms with Crippen molar-refractivity contribution >= 4 is 23.2 Å². The largest absolute Gasteiger partial charge is 0.496 e. The minimum Gasteiger partial charge on any atom is -0.496 e. The average molecular weight is 312 g/mol. The maximum atomic E-state index is 12.2. The van der Waals surface area contributed by atoms with Gasteiger partial charge in [0.05, 0.1) is 23.4 Å². The quantitative estimate of drug-likeness (QED) is 0.729. The lowest BCUT2D eigenvalue weighted by Crippen LogP contribution is -2.37. The number of nitrogens with two attached hydrogens (primary N) is 1. The first-order valence-corrected chi connectivity index (χ1v) is 7.64. The molecular weight excluding hydrogens is 290 g/mol. The molecule has 21 heavy (non-hydrogen) atoms. The van der Waals surface area contributed by atoms with Crippen LogP contribution in [0.3, 0.4) is 0 Å². The van der Waals surface area contributed by atoms with Crippen LogP contribution in [-0.4, -0.2) is 32.1 Å². The first kappa shape index (κ1) is 15.9. The summed E-state index contributed by atoms with van der Waals surface area (Å²) in [7, 11) is 1.51. The molecule has 0 radical (unpaired) electrons. The van der Waals surface area contributed by atoms with E-state index in [-0.39, 0.29) is 5.91 Å². The Bertz CT molecular complexity index is 502. The number of benzene rings is 1. The monoisotopic (exact) mass is 311 g/mol. The summed E-state index contributed by atoms with van der Waals surface area (Å²) in [6.07, 6.45) is 4.60. The Balaban J connectivity index is 1.92. The number of piperidine rings is 1. The second kappa shape index (κ2) is 7.52. The summed E-state index contributed by atoms with van der Waals surface area (Å²) in [6, 6.07) is 3.61. The van der Waals surface area contributed by atoms with Crippen LogP contribution in [0, 0.1) is 0 Å². The van der Waals surface area contributed by atoms with E-state index in [1.54, 1.807) is 12.1 Å². The van der Waals surface area contributed by atoms with Gasteiger partial charge in [-0.15, -0.1) is 0 Å². The highest BCUT2D eigenvalue weighted by Gasteiger charge is 2.16. The van der Waals surface area contributed by atoms with Gasteiger partial charge in [-0.25, -0.2) is 0 Å². The first-order chi connectivity index (χ1) is 10.1. The molecule has 1 amide bonds. The van der Waals surface area contributed by atoms with Crippen LogP contribution in [0.4, 0.5) is 5.69 Å². The molecule has 0 aliphatic carbocycles. The molecule has 2 rings (SSSR count). The van der Waals surface area contributed by atoms with Crippen molar-refractivity contribution in [3.63, 3.8) is 0 Å². The summed E-state index contributed by atoms with van der Waals surface area (Å²) in [5, 5.41) is 6.72. The van der Waals surface area contributed by atoms with Crippen molar-refractivity contribution in [3.8, 4) is 5.75 Å². The Morgan fingerprint density at radius 1 is 1.52 bits per heavy atom. The third-order valence-electron chi connectivity index (χ3n) is 3.75. The number of methoxy groups -OCH3 is 1. The van der Waals surface area contributed by atoms with Gasteiger partial charge in [0.25, 0.3) is 5.91 Å². The molecule has 0 saturated carbocycles. The zero-order valence-corrected chi connectivity index (χ0v) is 13.0. The molecule has 1 aromatic rings. The fraction of sp³-hybridized carbons (Fsp3) is 0.533. The second-order valence-corrected chi connectivity index (χ2v) is 5.67. The molecule has 1 atom stereocenters. The molecule has 0 spiro atoms. The Kier molecular flexibility index (Phi) is 5.70. The van der Waals surface area contributed by atoms with Crippen LogP contribution < -0.4 is 21.1 Å². The minimum atomic E-state index is -0.190. The van der Waals surface area contributed by atoms with E-state index in [4.69, 9.17) is 22.1 Å². The number of hydrogen-bond acceptors (Lipinski definition) is 4. The zero-order chi connectivity index (χ0) is 15.2. The first-order valence-electron chi connectivity index (χ1n) is 7.26. The van der Waals surface area contributed by atoms with E-state index >= 15 is 0 Å². The van der Waals surface area contributed by atoms with Crippen molar-refractivity contribution in [2.75, 3.05) is 25.9 Å². The van der Waals surface area contributed by atoms with E-state index in [1.165, 1.54) is 26.4 Å². The van der Waals surface area contributed by atoms with Crippen LogP contribution in [0.5, 0.6) is 5.75 Å². The number of halogens is 1. The van der Waals surface area contributed by atoms with Gasteiger partial charge in [0.2, 0.25) is 0 Å². The Labute approximate surface area is 130 Å². The SMILES string of the molecule is COc1cc(N)c(Cl)cc1C(=O)NCC[C@H]1CCCCN1. The van der Waals surface area contributed by atoms with Gasteiger partial charge in [-0.3, -0.25) is 4.79 Å². The topological polar surface area (TPSA) is 76.4 Å². The maximum absolute atomic E-state index is 12.2. The van der Waals surface area contributed by atoms with Crippen molar-refractivity contribution in [2.24, 2.45) is 0 Å². The molecule has 6 heteroatoms. The minimum absolute atomic E-state index is 0.190. The molecule has 1 fully saturated rings. The number of nitrogen functional groups attached to an aromatic ring is 1. The predicted octanol–water partition coefficient (Wildman–Crippen LogP) is 2.19. The average Bonchev–Trinajstić information content (AvgIpc) is 2.50. The van der Waals surface area contributed by atoms with Crippen LogP contribution in [0.1, 0.15) is 36.0 Å². The fourth-order valence-corrected chi connectivity index (χ4v) is 2.70. The highest BCUT2D eigenvalue weighted by atomic mass is 35.5. The molecule has 1 saturated heterocycles. The van der Waals surface area contributed by atoms with Crippen molar-refractivity contribution < 1.29 is 9.53 Å². The molecule has 1 aromatic carbocycles. The van der Waals surface area contributed by atoms with E-state index in [9.17, 15) is 4.79 Å². The van der Waals surface area contributed by atoms with Crippen LogP contribution in [0.15, 0.2) is 12.1 Å². The summed E-state index contributed by atoms with van der Waals surface area (Å²) in [5.74, 6) is 0.245. The van der Waals surface area contributed by atoms with E-state index in [0.29, 0.717) is 34.6 Å². The standard InChI is InChI=1S/C15H22ClN3O2/c1-21-14-9-13(17)12(16)8-11(14)15(20)19-7-5-10-4-2-3-6-18-10/h8-10,18H,2-7,17H2,1H3,(H,19,20)/t10-/m1/s1. The van der Waals surface area contributed by atoms with E-state index in [1.807, 2.05) is 0 Å². The summed E-state index contributed by atoms with van der Waals surface area (Å²) < 4.78 is 5.19. The van der Waals surface area contributed by atoms with Gasteiger partial charge in [0.1, 0.15) is 5.75 Å². The van der Waals surface area contributed by atoms with Crippen molar-refractivity contribution in [2.45, 2.75) is 31.7 Å². The molecule has 1 aliphatic rings. The van der Waals surface area contributed by atoms with Gasteiger partial charge in [0.15, 0.2) is 0 Å². The third-order valence-corrected chi connectivity index (χ3v) is 4.08. The summed E-state index contributed by atoms with van der Waals surface area (Å²) >= 11 is 5.97. The molecule has 0 bridgehead atoms. The van der Waals surface area contributed by atoms with Crippen molar-refractivity contribution in [1.82, 2.24) is 10.6 Å². The van der Waals surface area contributed by atoms with Gasteiger partial charge >= 0.3 is 0 Å². The van der Waals surface area contributed by atoms with Gasteiger partial charge in [-0.1, -0.05) is 18.0 Å². The number of ether oxygens (including phenoxy) is 1. The van der Waals surface area contributed by atoms with Crippen LogP contribution in [-0.2, 0) is 0 Å². The lowest BCUT2D eigenvalue weighted by atomic mass is 10.0. The molecule has 5 nitrogen and oxygen atoms in total. The number of hydrogen-bond donors (Lipinski definition) is 3. The maximum Gasteiger partial charge on any atom is 0.255 e. The zero-order valence-electron chi connectivity index (χ0n) is 12.2. The van der Waals surface area contributed by atoms with E-state index in [0.717, 1.165) is 13.0 Å².